The second-order valence-electron chi connectivity index (χ2n) is 6.83. The van der Waals surface area contributed by atoms with Gasteiger partial charge in [0.2, 0.25) is 0 Å². The molecule has 0 aliphatic heterocycles. The number of hydrogen-bond acceptors (Lipinski definition) is 4. The van der Waals surface area contributed by atoms with Crippen molar-refractivity contribution in [2.24, 2.45) is 17.8 Å². The summed E-state index contributed by atoms with van der Waals surface area (Å²) in [5.41, 5.74) is 0.165. The lowest BCUT2D eigenvalue weighted by molar-refractivity contribution is -0.203. The summed E-state index contributed by atoms with van der Waals surface area (Å²) in [6, 6.07) is 0. The molecule has 6 unspecified atom stereocenters. The van der Waals surface area contributed by atoms with Crippen LogP contribution < -0.4 is 0 Å². The molecule has 0 saturated heterocycles. The molecule has 0 aromatic rings. The van der Waals surface area contributed by atoms with Crippen LogP contribution in [0.4, 0.5) is 0 Å². The monoisotopic (exact) mass is 362 g/mol. The Bertz CT molecular complexity index is 553. The van der Waals surface area contributed by atoms with E-state index in [4.69, 9.17) is 27.9 Å². The standard InChI is InChI=1S/C17H24Cl2O4/c1-8-7-13-12(10(3)16(18)19)6-5-9(2)17(13,22)15(21)14(8)23-11(4)20/h7,9,12-15,21-22H,5-6H2,1-4H3. The van der Waals surface area contributed by atoms with Crippen LogP contribution in [0.15, 0.2) is 21.7 Å². The third-order valence-electron chi connectivity index (χ3n) is 5.47. The molecule has 130 valence electrons. The minimum Gasteiger partial charge on any atom is -0.455 e. The molecule has 0 spiro atoms. The van der Waals surface area contributed by atoms with Crippen molar-refractivity contribution in [2.75, 3.05) is 0 Å². The molecule has 0 heterocycles. The number of halogens is 2. The number of aliphatic hydroxyl groups excluding tert-OH is 1. The fraction of sp³-hybridized carbons (Fsp3) is 0.706. The summed E-state index contributed by atoms with van der Waals surface area (Å²) < 4.78 is 5.44. The Morgan fingerprint density at radius 2 is 1.96 bits per heavy atom. The normalized spacial score (nSPS) is 40.0. The SMILES string of the molecule is CC(=O)OC1C(C)=CC2C(C(C)=C(Cl)Cl)CCC(C)C2(O)C1O. The maximum absolute atomic E-state index is 11.3. The number of rotatable bonds is 2. The third-order valence-corrected chi connectivity index (χ3v) is 6.06. The second kappa shape index (κ2) is 6.75. The number of fused-ring (bicyclic) bond motifs is 1. The van der Waals surface area contributed by atoms with E-state index < -0.39 is 23.8 Å². The fourth-order valence-corrected chi connectivity index (χ4v) is 4.34. The lowest BCUT2D eigenvalue weighted by Crippen LogP contribution is -2.64. The minimum atomic E-state index is -1.38. The number of carbonyl (C=O) groups excluding carboxylic acids is 1. The van der Waals surface area contributed by atoms with E-state index >= 15 is 0 Å². The van der Waals surface area contributed by atoms with Gasteiger partial charge in [0, 0.05) is 12.8 Å². The van der Waals surface area contributed by atoms with Gasteiger partial charge in [-0.3, -0.25) is 4.79 Å². The van der Waals surface area contributed by atoms with Crippen molar-refractivity contribution < 1.29 is 19.7 Å². The van der Waals surface area contributed by atoms with Gasteiger partial charge in [0.05, 0.1) is 0 Å². The van der Waals surface area contributed by atoms with Crippen LogP contribution in [0.2, 0.25) is 0 Å². The Labute approximate surface area is 147 Å². The summed E-state index contributed by atoms with van der Waals surface area (Å²) in [6.07, 6.45) is 1.46. The summed E-state index contributed by atoms with van der Waals surface area (Å²) in [5, 5.41) is 22.1. The molecule has 4 nitrogen and oxygen atoms in total. The van der Waals surface area contributed by atoms with Crippen molar-refractivity contribution in [3.8, 4) is 0 Å². The summed E-state index contributed by atoms with van der Waals surface area (Å²) in [4.78, 5) is 11.3. The zero-order valence-corrected chi connectivity index (χ0v) is 15.4. The Morgan fingerprint density at radius 3 is 2.48 bits per heavy atom. The zero-order valence-electron chi connectivity index (χ0n) is 13.8. The van der Waals surface area contributed by atoms with Gasteiger partial charge in [-0.2, -0.15) is 0 Å². The van der Waals surface area contributed by atoms with Crippen LogP contribution in [0.3, 0.4) is 0 Å². The van der Waals surface area contributed by atoms with Gasteiger partial charge >= 0.3 is 5.97 Å². The summed E-state index contributed by atoms with van der Waals surface area (Å²) in [7, 11) is 0. The van der Waals surface area contributed by atoms with E-state index in [0.29, 0.717) is 0 Å². The van der Waals surface area contributed by atoms with Gasteiger partial charge in [-0.1, -0.05) is 36.2 Å². The van der Waals surface area contributed by atoms with Crippen molar-refractivity contribution >= 4 is 29.2 Å². The molecular formula is C17H24Cl2O4. The smallest absolute Gasteiger partial charge is 0.303 e. The Balaban J connectivity index is 2.50. The van der Waals surface area contributed by atoms with Crippen molar-refractivity contribution in [3.05, 3.63) is 21.7 Å². The lowest BCUT2D eigenvalue weighted by atomic mass is 9.57. The maximum atomic E-state index is 11.3. The number of allylic oxidation sites excluding steroid dienone is 1. The predicted molar refractivity (Wildman–Crippen MR) is 90.1 cm³/mol. The van der Waals surface area contributed by atoms with Gasteiger partial charge in [0.1, 0.15) is 16.2 Å². The summed E-state index contributed by atoms with van der Waals surface area (Å²) in [5.74, 6) is -0.989. The first kappa shape index (κ1) is 18.8. The molecule has 0 bridgehead atoms. The Hall–Kier alpha value is -0.550. The first-order chi connectivity index (χ1) is 10.6. The van der Waals surface area contributed by atoms with Gasteiger partial charge in [-0.15, -0.1) is 0 Å². The third kappa shape index (κ3) is 3.19. The highest BCUT2D eigenvalue weighted by Gasteiger charge is 2.58. The molecule has 0 aromatic heterocycles. The number of carbonyl (C=O) groups is 1. The van der Waals surface area contributed by atoms with Crippen LogP contribution in [0.1, 0.15) is 40.5 Å². The number of aliphatic hydroxyl groups is 2. The van der Waals surface area contributed by atoms with Crippen LogP contribution >= 0.6 is 23.2 Å². The van der Waals surface area contributed by atoms with Crippen molar-refractivity contribution in [1.82, 2.24) is 0 Å². The highest BCUT2D eigenvalue weighted by Crippen LogP contribution is 2.51. The van der Waals surface area contributed by atoms with Crippen LogP contribution in [0.25, 0.3) is 0 Å². The minimum absolute atomic E-state index is 0.0518. The van der Waals surface area contributed by atoms with Gasteiger partial charge in [-0.05, 0) is 49.7 Å². The van der Waals surface area contributed by atoms with E-state index in [0.717, 1.165) is 24.0 Å². The van der Waals surface area contributed by atoms with Gasteiger partial charge < -0.3 is 14.9 Å². The first-order valence-electron chi connectivity index (χ1n) is 7.88. The average molecular weight is 363 g/mol. The molecule has 2 rings (SSSR count). The van der Waals surface area contributed by atoms with E-state index in [-0.39, 0.29) is 22.2 Å². The molecule has 2 N–H and O–H groups in total. The Morgan fingerprint density at radius 1 is 1.35 bits per heavy atom. The lowest BCUT2D eigenvalue weighted by Gasteiger charge is -2.54. The molecule has 0 aromatic carbocycles. The molecule has 6 atom stereocenters. The van der Waals surface area contributed by atoms with Crippen molar-refractivity contribution in [3.63, 3.8) is 0 Å². The number of ether oxygens (including phenoxy) is 1. The molecule has 0 amide bonds. The Kier molecular flexibility index (Phi) is 5.51. The van der Waals surface area contributed by atoms with Crippen molar-refractivity contribution in [2.45, 2.75) is 58.3 Å². The fourth-order valence-electron chi connectivity index (χ4n) is 4.06. The van der Waals surface area contributed by atoms with Crippen LogP contribution in [-0.2, 0) is 9.53 Å². The first-order valence-corrected chi connectivity index (χ1v) is 8.64. The topological polar surface area (TPSA) is 66.8 Å². The molecule has 6 heteroatoms. The molecule has 23 heavy (non-hydrogen) atoms. The molecular weight excluding hydrogens is 339 g/mol. The van der Waals surface area contributed by atoms with Gasteiger partial charge in [-0.25, -0.2) is 0 Å². The maximum Gasteiger partial charge on any atom is 0.303 e. The molecule has 2 aliphatic carbocycles. The summed E-state index contributed by atoms with van der Waals surface area (Å²) in [6.45, 7) is 6.86. The molecule has 0 radical (unpaired) electrons. The van der Waals surface area contributed by atoms with E-state index in [1.807, 2.05) is 19.9 Å². The van der Waals surface area contributed by atoms with E-state index in [1.165, 1.54) is 6.92 Å². The highest BCUT2D eigenvalue weighted by atomic mass is 35.5. The predicted octanol–water partition coefficient (Wildman–Crippen LogP) is 3.34. The summed E-state index contributed by atoms with van der Waals surface area (Å²) >= 11 is 11.9. The zero-order chi connectivity index (χ0) is 17.5. The van der Waals surface area contributed by atoms with Gasteiger partial charge in [0.15, 0.2) is 6.10 Å². The second-order valence-corrected chi connectivity index (χ2v) is 7.78. The van der Waals surface area contributed by atoms with Crippen LogP contribution in [0.5, 0.6) is 0 Å². The molecule has 1 fully saturated rings. The van der Waals surface area contributed by atoms with E-state index in [1.54, 1.807) is 6.92 Å². The average Bonchev–Trinajstić information content (AvgIpc) is 2.46. The largest absolute Gasteiger partial charge is 0.455 e. The van der Waals surface area contributed by atoms with Crippen LogP contribution in [-0.4, -0.2) is 34.0 Å². The highest BCUT2D eigenvalue weighted by molar-refractivity contribution is 6.56. The number of hydrogen-bond donors (Lipinski definition) is 2. The van der Waals surface area contributed by atoms with E-state index in [2.05, 4.69) is 0 Å². The van der Waals surface area contributed by atoms with Crippen molar-refractivity contribution in [1.29, 1.82) is 0 Å². The van der Waals surface area contributed by atoms with Crippen LogP contribution in [0, 0.1) is 17.8 Å². The quantitative estimate of drug-likeness (QED) is 0.583. The van der Waals surface area contributed by atoms with E-state index in [9.17, 15) is 15.0 Å². The number of esters is 1. The molecule has 1 saturated carbocycles. The molecule has 2 aliphatic rings. The van der Waals surface area contributed by atoms with Gasteiger partial charge in [0.25, 0.3) is 0 Å².